The molecule has 23 heavy (non-hydrogen) atoms. The average Bonchev–Trinajstić information content (AvgIpc) is 2.80. The Hall–Kier alpha value is -1.88. The van der Waals surface area contributed by atoms with E-state index in [9.17, 15) is 9.59 Å². The molecular formula is C18H27N3O2. The van der Waals surface area contributed by atoms with Crippen LogP contribution >= 0.6 is 0 Å². The van der Waals surface area contributed by atoms with E-state index >= 15 is 0 Å². The summed E-state index contributed by atoms with van der Waals surface area (Å²) in [6.45, 7) is 5.56. The fourth-order valence-electron chi connectivity index (χ4n) is 2.91. The van der Waals surface area contributed by atoms with E-state index in [0.29, 0.717) is 26.1 Å². The van der Waals surface area contributed by atoms with Gasteiger partial charge in [0.1, 0.15) is 0 Å². The summed E-state index contributed by atoms with van der Waals surface area (Å²) in [5, 5.41) is 3.06. The molecule has 1 aliphatic rings. The second-order valence-corrected chi connectivity index (χ2v) is 6.10. The average molecular weight is 317 g/mol. The zero-order valence-electron chi connectivity index (χ0n) is 14.2. The normalized spacial score (nSPS) is 15.4. The zero-order chi connectivity index (χ0) is 16.7. The lowest BCUT2D eigenvalue weighted by Gasteiger charge is -2.22. The van der Waals surface area contributed by atoms with E-state index in [2.05, 4.69) is 5.32 Å². The molecule has 1 aromatic carbocycles. The first-order chi connectivity index (χ1) is 11.1. The molecule has 5 nitrogen and oxygen atoms in total. The van der Waals surface area contributed by atoms with Crippen LogP contribution < -0.4 is 5.32 Å². The van der Waals surface area contributed by atoms with Gasteiger partial charge in [-0.15, -0.1) is 0 Å². The van der Waals surface area contributed by atoms with Crippen molar-refractivity contribution in [1.82, 2.24) is 15.1 Å². The van der Waals surface area contributed by atoms with Crippen molar-refractivity contribution in [3.8, 4) is 0 Å². The predicted octanol–water partition coefficient (Wildman–Crippen LogP) is 1.67. The van der Waals surface area contributed by atoms with Crippen molar-refractivity contribution in [1.29, 1.82) is 0 Å². The van der Waals surface area contributed by atoms with Crippen molar-refractivity contribution in [2.24, 2.45) is 0 Å². The second kappa shape index (κ2) is 8.67. The second-order valence-electron chi connectivity index (χ2n) is 6.10. The van der Waals surface area contributed by atoms with Crippen molar-refractivity contribution < 1.29 is 9.59 Å². The highest BCUT2D eigenvalue weighted by molar-refractivity contribution is 5.94. The molecule has 1 aromatic rings. The first-order valence-electron chi connectivity index (χ1n) is 8.40. The van der Waals surface area contributed by atoms with Crippen molar-refractivity contribution in [2.75, 3.05) is 39.8 Å². The molecule has 1 saturated heterocycles. The number of amides is 2. The highest BCUT2D eigenvalue weighted by Gasteiger charge is 2.22. The maximum Gasteiger partial charge on any atom is 0.253 e. The molecule has 126 valence electrons. The fourth-order valence-corrected chi connectivity index (χ4v) is 2.91. The van der Waals surface area contributed by atoms with Crippen LogP contribution in [0.1, 0.15) is 35.2 Å². The number of nitrogens with zero attached hydrogens (tertiary/aromatic N) is 2. The summed E-state index contributed by atoms with van der Waals surface area (Å²) in [5.41, 5.74) is 1.82. The van der Waals surface area contributed by atoms with Crippen molar-refractivity contribution in [3.05, 3.63) is 35.4 Å². The summed E-state index contributed by atoms with van der Waals surface area (Å²) in [6.07, 6.45) is 2.28. The van der Waals surface area contributed by atoms with Crippen LogP contribution in [0.3, 0.4) is 0 Å². The summed E-state index contributed by atoms with van der Waals surface area (Å²) in [6, 6.07) is 7.69. The van der Waals surface area contributed by atoms with Gasteiger partial charge >= 0.3 is 0 Å². The Balaban J connectivity index is 1.90. The third-order valence-electron chi connectivity index (χ3n) is 4.22. The minimum Gasteiger partial charge on any atom is -0.341 e. The number of carbonyl (C=O) groups is 2. The summed E-state index contributed by atoms with van der Waals surface area (Å²) < 4.78 is 0. The fraction of sp³-hybridized carbons (Fsp3) is 0.556. The summed E-state index contributed by atoms with van der Waals surface area (Å²) in [4.78, 5) is 28.6. The molecule has 0 aliphatic carbocycles. The van der Waals surface area contributed by atoms with Gasteiger partial charge in [0.25, 0.3) is 5.91 Å². The van der Waals surface area contributed by atoms with Crippen LogP contribution in [-0.4, -0.2) is 61.4 Å². The number of hydrogen-bond acceptors (Lipinski definition) is 3. The van der Waals surface area contributed by atoms with Crippen LogP contribution in [0.2, 0.25) is 0 Å². The van der Waals surface area contributed by atoms with E-state index in [1.165, 1.54) is 0 Å². The maximum absolute atomic E-state index is 12.6. The lowest BCUT2D eigenvalue weighted by molar-refractivity contribution is -0.131. The number of rotatable bonds is 5. The Kier molecular flexibility index (Phi) is 6.59. The molecule has 0 spiro atoms. The molecule has 5 heteroatoms. The van der Waals surface area contributed by atoms with Gasteiger partial charge in [0, 0.05) is 38.2 Å². The molecule has 0 radical (unpaired) electrons. The van der Waals surface area contributed by atoms with Crippen LogP contribution in [0, 0.1) is 6.92 Å². The molecule has 1 fully saturated rings. The highest BCUT2D eigenvalue weighted by atomic mass is 16.2. The Morgan fingerprint density at radius 2 is 1.87 bits per heavy atom. The summed E-state index contributed by atoms with van der Waals surface area (Å²) in [5.74, 6) is 0.267. The molecular weight excluding hydrogens is 290 g/mol. The summed E-state index contributed by atoms with van der Waals surface area (Å²) >= 11 is 0. The van der Waals surface area contributed by atoms with Crippen LogP contribution in [0.15, 0.2) is 24.3 Å². The van der Waals surface area contributed by atoms with Gasteiger partial charge in [0.15, 0.2) is 0 Å². The Labute approximate surface area is 138 Å². The van der Waals surface area contributed by atoms with Crippen molar-refractivity contribution in [3.63, 3.8) is 0 Å². The van der Waals surface area contributed by atoms with Gasteiger partial charge in [-0.25, -0.2) is 0 Å². The lowest BCUT2D eigenvalue weighted by Crippen LogP contribution is -2.37. The zero-order valence-corrected chi connectivity index (χ0v) is 14.2. The van der Waals surface area contributed by atoms with Gasteiger partial charge in [-0.1, -0.05) is 17.7 Å². The quantitative estimate of drug-likeness (QED) is 0.841. The van der Waals surface area contributed by atoms with Gasteiger partial charge in [-0.2, -0.15) is 0 Å². The number of carbonyl (C=O) groups excluding carboxylic acids is 2. The molecule has 1 N–H and O–H groups in total. The molecule has 0 bridgehead atoms. The topological polar surface area (TPSA) is 52.7 Å². The number of nitrogens with one attached hydrogen (secondary N) is 1. The maximum atomic E-state index is 12.6. The van der Waals surface area contributed by atoms with Crippen LogP contribution in [-0.2, 0) is 4.79 Å². The first kappa shape index (κ1) is 17.5. The van der Waals surface area contributed by atoms with Gasteiger partial charge in [-0.3, -0.25) is 9.59 Å². The largest absolute Gasteiger partial charge is 0.341 e. The van der Waals surface area contributed by atoms with Gasteiger partial charge < -0.3 is 15.1 Å². The smallest absolute Gasteiger partial charge is 0.253 e. The molecule has 0 atom stereocenters. The Bertz CT molecular complexity index is 545. The molecule has 0 aromatic heterocycles. The first-order valence-corrected chi connectivity index (χ1v) is 8.40. The number of benzene rings is 1. The van der Waals surface area contributed by atoms with Gasteiger partial charge in [0.2, 0.25) is 5.91 Å². The van der Waals surface area contributed by atoms with Crippen molar-refractivity contribution >= 4 is 11.8 Å². The predicted molar refractivity (Wildman–Crippen MR) is 91.4 cm³/mol. The molecule has 0 saturated carbocycles. The van der Waals surface area contributed by atoms with E-state index < -0.39 is 0 Å². The standard InChI is InChI=1S/C18H27N3O2/c1-15-6-3-7-16(14-15)18(23)21-11-5-10-20(12-13-21)17(22)8-4-9-19-2/h3,6-7,14,19H,4-5,8-13H2,1-2H3. The minimum atomic E-state index is 0.0678. The molecule has 1 aliphatic heterocycles. The number of aryl methyl sites for hydroxylation is 1. The van der Waals surface area contributed by atoms with Gasteiger partial charge in [-0.05, 0) is 45.5 Å². The molecule has 2 amide bonds. The van der Waals surface area contributed by atoms with Crippen molar-refractivity contribution in [2.45, 2.75) is 26.2 Å². The van der Waals surface area contributed by atoms with E-state index in [1.54, 1.807) is 0 Å². The minimum absolute atomic E-state index is 0.0678. The highest BCUT2D eigenvalue weighted by Crippen LogP contribution is 2.12. The Morgan fingerprint density at radius 3 is 2.61 bits per heavy atom. The molecule has 1 heterocycles. The van der Waals surface area contributed by atoms with Crippen LogP contribution in [0.4, 0.5) is 0 Å². The van der Waals surface area contributed by atoms with E-state index in [-0.39, 0.29) is 11.8 Å². The van der Waals surface area contributed by atoms with E-state index in [0.717, 1.165) is 37.1 Å². The monoisotopic (exact) mass is 317 g/mol. The Morgan fingerprint density at radius 1 is 1.13 bits per heavy atom. The summed E-state index contributed by atoms with van der Waals surface area (Å²) in [7, 11) is 1.89. The lowest BCUT2D eigenvalue weighted by atomic mass is 10.1. The SMILES string of the molecule is CNCCCC(=O)N1CCCN(C(=O)c2cccc(C)c2)CC1. The molecule has 2 rings (SSSR count). The van der Waals surface area contributed by atoms with Crippen LogP contribution in [0.5, 0.6) is 0 Å². The third-order valence-corrected chi connectivity index (χ3v) is 4.22. The number of hydrogen-bond donors (Lipinski definition) is 1. The van der Waals surface area contributed by atoms with Gasteiger partial charge in [0.05, 0.1) is 0 Å². The van der Waals surface area contributed by atoms with E-state index in [4.69, 9.17) is 0 Å². The van der Waals surface area contributed by atoms with E-state index in [1.807, 2.05) is 48.0 Å². The third kappa shape index (κ3) is 5.06. The molecule has 0 unspecified atom stereocenters. The van der Waals surface area contributed by atoms with Crippen LogP contribution in [0.25, 0.3) is 0 Å².